The molecule has 8 nitrogen and oxygen atoms in total. The molecule has 0 aliphatic carbocycles. The Morgan fingerprint density at radius 3 is 2.88 bits per heavy atom. The van der Waals surface area contributed by atoms with Gasteiger partial charge < -0.3 is 9.73 Å². The molecule has 25 heavy (non-hydrogen) atoms. The molecule has 0 aliphatic rings. The Bertz CT molecular complexity index is 843. The van der Waals surface area contributed by atoms with E-state index >= 15 is 0 Å². The maximum absolute atomic E-state index is 12.4. The van der Waals surface area contributed by atoms with Gasteiger partial charge in [0.1, 0.15) is 11.8 Å². The highest BCUT2D eigenvalue weighted by molar-refractivity contribution is 6.33. The molecule has 0 aliphatic heterocycles. The molecule has 1 unspecified atom stereocenters. The van der Waals surface area contributed by atoms with Gasteiger partial charge in [0.15, 0.2) is 0 Å². The van der Waals surface area contributed by atoms with Crippen molar-refractivity contribution in [2.75, 3.05) is 6.54 Å². The number of aromatic nitrogens is 2. The summed E-state index contributed by atoms with van der Waals surface area (Å²) in [6.45, 7) is 0.174. The third kappa shape index (κ3) is 3.69. The number of nitrogens with one attached hydrogen (secondary N) is 1. The fourth-order valence-corrected chi connectivity index (χ4v) is 2.56. The lowest BCUT2D eigenvalue weighted by Gasteiger charge is -2.16. The molecule has 1 atom stereocenters. The van der Waals surface area contributed by atoms with Crippen LogP contribution in [0.4, 0.5) is 5.69 Å². The molecule has 2 aromatic heterocycles. The zero-order valence-electron chi connectivity index (χ0n) is 12.8. The molecule has 1 N–H and O–H groups in total. The standard InChI is InChI=1S/C16H13ClN4O4/c17-13-5-4-11(21(23)24)9-12(13)16(22)18-10-14(15-3-1-8-25-15)20-7-2-6-19-20/h1-9,14H,10H2,(H,18,22). The molecule has 3 rings (SSSR count). The molecule has 0 fully saturated rings. The van der Waals surface area contributed by atoms with Crippen LogP contribution in [0.25, 0.3) is 0 Å². The monoisotopic (exact) mass is 360 g/mol. The van der Waals surface area contributed by atoms with Gasteiger partial charge in [-0.05, 0) is 24.3 Å². The Morgan fingerprint density at radius 1 is 1.40 bits per heavy atom. The van der Waals surface area contributed by atoms with Gasteiger partial charge in [0.2, 0.25) is 0 Å². The van der Waals surface area contributed by atoms with Gasteiger partial charge in [-0.3, -0.25) is 19.6 Å². The molecule has 0 saturated carbocycles. The smallest absolute Gasteiger partial charge is 0.270 e. The van der Waals surface area contributed by atoms with Crippen LogP contribution in [0.1, 0.15) is 22.2 Å². The highest BCUT2D eigenvalue weighted by Crippen LogP contribution is 2.22. The number of nitro benzene ring substituents is 1. The molecule has 3 aromatic rings. The molecule has 0 radical (unpaired) electrons. The lowest BCUT2D eigenvalue weighted by atomic mass is 10.1. The zero-order valence-corrected chi connectivity index (χ0v) is 13.6. The number of amides is 1. The van der Waals surface area contributed by atoms with Gasteiger partial charge >= 0.3 is 0 Å². The van der Waals surface area contributed by atoms with Crippen molar-refractivity contribution in [3.8, 4) is 0 Å². The van der Waals surface area contributed by atoms with Crippen LogP contribution >= 0.6 is 11.6 Å². The molecule has 1 amide bonds. The van der Waals surface area contributed by atoms with Crippen LogP contribution in [-0.4, -0.2) is 27.2 Å². The van der Waals surface area contributed by atoms with E-state index in [1.807, 2.05) is 0 Å². The number of halogens is 1. The van der Waals surface area contributed by atoms with E-state index in [4.69, 9.17) is 16.0 Å². The molecule has 128 valence electrons. The van der Waals surface area contributed by atoms with Crippen molar-refractivity contribution in [1.82, 2.24) is 15.1 Å². The summed E-state index contributed by atoms with van der Waals surface area (Å²) < 4.78 is 7.05. The number of carbonyl (C=O) groups excluding carboxylic acids is 1. The van der Waals surface area contributed by atoms with E-state index in [1.165, 1.54) is 18.4 Å². The van der Waals surface area contributed by atoms with E-state index in [9.17, 15) is 14.9 Å². The summed E-state index contributed by atoms with van der Waals surface area (Å²) in [6.07, 6.45) is 4.90. The van der Waals surface area contributed by atoms with Crippen LogP contribution in [0.5, 0.6) is 0 Å². The minimum absolute atomic E-state index is 0.0366. The van der Waals surface area contributed by atoms with Crippen molar-refractivity contribution in [2.45, 2.75) is 6.04 Å². The second kappa shape index (κ2) is 7.18. The van der Waals surface area contributed by atoms with Crippen LogP contribution in [-0.2, 0) is 0 Å². The zero-order chi connectivity index (χ0) is 17.8. The topological polar surface area (TPSA) is 103 Å². The Labute approximate surface area is 147 Å². The van der Waals surface area contributed by atoms with Gasteiger partial charge in [0, 0.05) is 31.1 Å². The Balaban J connectivity index is 1.79. The quantitative estimate of drug-likeness (QED) is 0.537. The number of nitrogens with zero attached hydrogens (tertiary/aromatic N) is 3. The van der Waals surface area contributed by atoms with Crippen LogP contribution in [0, 0.1) is 10.1 Å². The summed E-state index contributed by atoms with van der Waals surface area (Å²) >= 11 is 5.99. The van der Waals surface area contributed by atoms with Gasteiger partial charge in [-0.25, -0.2) is 0 Å². The van der Waals surface area contributed by atoms with Gasteiger partial charge in [-0.1, -0.05) is 11.6 Å². The lowest BCUT2D eigenvalue weighted by molar-refractivity contribution is -0.384. The molecule has 0 saturated heterocycles. The predicted octanol–water partition coefficient (Wildman–Crippen LogP) is 3.06. The van der Waals surface area contributed by atoms with Crippen LogP contribution in [0.3, 0.4) is 0 Å². The Hall–Kier alpha value is -3.13. The third-order valence-corrected chi connectivity index (χ3v) is 3.91. The average molecular weight is 361 g/mol. The van der Waals surface area contributed by atoms with E-state index in [2.05, 4.69) is 10.4 Å². The van der Waals surface area contributed by atoms with Gasteiger partial charge in [-0.15, -0.1) is 0 Å². The Kier molecular flexibility index (Phi) is 4.80. The first-order chi connectivity index (χ1) is 12.1. The van der Waals surface area contributed by atoms with Crippen LogP contribution in [0.2, 0.25) is 5.02 Å². The molecule has 9 heteroatoms. The first-order valence-corrected chi connectivity index (χ1v) is 7.68. The van der Waals surface area contributed by atoms with Crippen molar-refractivity contribution in [3.05, 3.63) is 81.5 Å². The summed E-state index contributed by atoms with van der Waals surface area (Å²) in [5.41, 5.74) is -0.168. The highest BCUT2D eigenvalue weighted by Gasteiger charge is 2.20. The summed E-state index contributed by atoms with van der Waals surface area (Å²) in [5, 5.41) is 17.9. The second-order valence-electron chi connectivity index (χ2n) is 5.15. The first-order valence-electron chi connectivity index (χ1n) is 7.31. The predicted molar refractivity (Wildman–Crippen MR) is 89.5 cm³/mol. The van der Waals surface area contributed by atoms with Crippen molar-refractivity contribution in [1.29, 1.82) is 0 Å². The number of carbonyl (C=O) groups is 1. The number of hydrogen-bond acceptors (Lipinski definition) is 5. The Morgan fingerprint density at radius 2 is 2.24 bits per heavy atom. The fourth-order valence-electron chi connectivity index (χ4n) is 2.36. The molecule has 0 spiro atoms. The highest BCUT2D eigenvalue weighted by atomic mass is 35.5. The minimum atomic E-state index is -0.581. The molecule has 1 aromatic carbocycles. The number of furan rings is 1. The van der Waals surface area contributed by atoms with Gasteiger partial charge in [-0.2, -0.15) is 5.10 Å². The van der Waals surface area contributed by atoms with Crippen molar-refractivity contribution < 1.29 is 14.1 Å². The summed E-state index contributed by atoms with van der Waals surface area (Å²) in [6, 6.07) is 8.64. The fraction of sp³-hybridized carbons (Fsp3) is 0.125. The number of hydrogen-bond donors (Lipinski definition) is 1. The molecule has 2 heterocycles. The number of rotatable bonds is 6. The molecular formula is C16H13ClN4O4. The lowest BCUT2D eigenvalue weighted by Crippen LogP contribution is -2.31. The molecule has 0 bridgehead atoms. The third-order valence-electron chi connectivity index (χ3n) is 3.58. The van der Waals surface area contributed by atoms with E-state index in [0.29, 0.717) is 5.76 Å². The van der Waals surface area contributed by atoms with E-state index in [1.54, 1.807) is 35.3 Å². The van der Waals surface area contributed by atoms with Crippen molar-refractivity contribution in [3.63, 3.8) is 0 Å². The van der Waals surface area contributed by atoms with Crippen LogP contribution in [0.15, 0.2) is 59.5 Å². The van der Waals surface area contributed by atoms with Crippen LogP contribution < -0.4 is 5.32 Å². The minimum Gasteiger partial charge on any atom is -0.467 e. The summed E-state index contributed by atoms with van der Waals surface area (Å²) in [7, 11) is 0. The summed E-state index contributed by atoms with van der Waals surface area (Å²) in [4.78, 5) is 22.7. The van der Waals surface area contributed by atoms with Crippen molar-refractivity contribution >= 4 is 23.2 Å². The normalized spacial score (nSPS) is 11.9. The molecular weight excluding hydrogens is 348 g/mol. The maximum atomic E-state index is 12.4. The van der Waals surface area contributed by atoms with E-state index in [-0.39, 0.29) is 28.9 Å². The van der Waals surface area contributed by atoms with Gasteiger partial charge in [0.05, 0.1) is 21.8 Å². The van der Waals surface area contributed by atoms with E-state index in [0.717, 1.165) is 6.07 Å². The number of nitro groups is 1. The van der Waals surface area contributed by atoms with Crippen molar-refractivity contribution in [2.24, 2.45) is 0 Å². The SMILES string of the molecule is O=C(NCC(c1ccco1)n1cccn1)c1cc([N+](=O)[O-])ccc1Cl. The van der Waals surface area contributed by atoms with Gasteiger partial charge in [0.25, 0.3) is 11.6 Å². The maximum Gasteiger partial charge on any atom is 0.270 e. The largest absolute Gasteiger partial charge is 0.467 e. The average Bonchev–Trinajstić information content (AvgIpc) is 3.29. The number of benzene rings is 1. The summed E-state index contributed by atoms with van der Waals surface area (Å²) in [5.74, 6) is 0.103. The number of non-ortho nitro benzene ring substituents is 1. The first kappa shape index (κ1) is 16.7. The second-order valence-corrected chi connectivity index (χ2v) is 5.56. The van der Waals surface area contributed by atoms with E-state index < -0.39 is 10.8 Å².